The van der Waals surface area contributed by atoms with Gasteiger partial charge in [0, 0.05) is 17.2 Å². The van der Waals surface area contributed by atoms with Gasteiger partial charge in [0.2, 0.25) is 0 Å². The highest BCUT2D eigenvalue weighted by Crippen LogP contribution is 2.56. The molecule has 2 fully saturated rings. The SMILES string of the molecule is COC(=O)CCCC=CC[C@H]1[C@@H](CBr)[C@@H]2C[C@@]1(c1ccc(F)cc1)CO2. The van der Waals surface area contributed by atoms with Crippen molar-refractivity contribution in [3.05, 3.63) is 47.8 Å². The lowest BCUT2D eigenvalue weighted by atomic mass is 9.69. The van der Waals surface area contributed by atoms with Crippen molar-refractivity contribution < 1.29 is 18.7 Å². The summed E-state index contributed by atoms with van der Waals surface area (Å²) in [5.74, 6) is 0.590. The summed E-state index contributed by atoms with van der Waals surface area (Å²) >= 11 is 3.67. The molecule has 1 saturated heterocycles. The minimum Gasteiger partial charge on any atom is -0.469 e. The van der Waals surface area contributed by atoms with E-state index in [1.54, 1.807) is 12.1 Å². The lowest BCUT2D eigenvalue weighted by Gasteiger charge is -2.38. The van der Waals surface area contributed by atoms with Gasteiger partial charge in [0.25, 0.3) is 0 Å². The van der Waals surface area contributed by atoms with Crippen LogP contribution in [-0.4, -0.2) is 31.1 Å². The van der Waals surface area contributed by atoms with E-state index in [1.165, 1.54) is 12.7 Å². The molecule has 2 aliphatic rings. The van der Waals surface area contributed by atoms with Gasteiger partial charge in [0.1, 0.15) is 5.82 Å². The topological polar surface area (TPSA) is 35.5 Å². The van der Waals surface area contributed by atoms with Gasteiger partial charge in [-0.3, -0.25) is 4.79 Å². The zero-order valence-corrected chi connectivity index (χ0v) is 16.7. The second-order valence-corrected chi connectivity index (χ2v) is 7.96. The number of alkyl halides is 1. The molecule has 1 saturated carbocycles. The molecule has 2 bridgehead atoms. The van der Waals surface area contributed by atoms with Gasteiger partial charge in [-0.1, -0.05) is 40.2 Å². The smallest absolute Gasteiger partial charge is 0.305 e. The zero-order valence-electron chi connectivity index (χ0n) is 15.1. The summed E-state index contributed by atoms with van der Waals surface area (Å²) in [6.07, 6.45) is 8.82. The van der Waals surface area contributed by atoms with Crippen LogP contribution in [0.3, 0.4) is 0 Å². The Balaban J connectivity index is 1.67. The van der Waals surface area contributed by atoms with Gasteiger partial charge in [-0.05, 0) is 55.2 Å². The highest BCUT2D eigenvalue weighted by molar-refractivity contribution is 9.09. The first-order valence-electron chi connectivity index (χ1n) is 9.26. The third-order valence-corrected chi connectivity index (χ3v) is 6.71. The number of carbonyl (C=O) groups excluding carboxylic acids is 1. The zero-order chi connectivity index (χ0) is 18.6. The molecule has 1 aromatic carbocycles. The van der Waals surface area contributed by atoms with Crippen LogP contribution in [0.25, 0.3) is 0 Å². The lowest BCUT2D eigenvalue weighted by Crippen LogP contribution is -2.40. The van der Waals surface area contributed by atoms with Gasteiger partial charge < -0.3 is 9.47 Å². The van der Waals surface area contributed by atoms with Crippen LogP contribution in [0.2, 0.25) is 0 Å². The molecule has 0 unspecified atom stereocenters. The average molecular weight is 425 g/mol. The number of fused-ring (bicyclic) bond motifs is 2. The fourth-order valence-corrected chi connectivity index (χ4v) is 5.43. The van der Waals surface area contributed by atoms with Crippen molar-refractivity contribution in [2.45, 2.75) is 43.6 Å². The van der Waals surface area contributed by atoms with Crippen molar-refractivity contribution in [2.24, 2.45) is 11.8 Å². The number of hydrogen-bond donors (Lipinski definition) is 0. The van der Waals surface area contributed by atoms with Crippen molar-refractivity contribution in [2.75, 3.05) is 19.0 Å². The fourth-order valence-electron chi connectivity index (χ4n) is 4.57. The van der Waals surface area contributed by atoms with Crippen molar-refractivity contribution in [3.63, 3.8) is 0 Å². The Morgan fingerprint density at radius 3 is 2.85 bits per heavy atom. The van der Waals surface area contributed by atoms with E-state index in [4.69, 9.17) is 4.74 Å². The molecular weight excluding hydrogens is 399 g/mol. The van der Waals surface area contributed by atoms with Crippen LogP contribution >= 0.6 is 15.9 Å². The van der Waals surface area contributed by atoms with Gasteiger partial charge in [0.15, 0.2) is 0 Å². The number of carbonyl (C=O) groups is 1. The Morgan fingerprint density at radius 1 is 1.38 bits per heavy atom. The largest absolute Gasteiger partial charge is 0.469 e. The predicted molar refractivity (Wildman–Crippen MR) is 103 cm³/mol. The fraction of sp³-hybridized carbons (Fsp3) is 0.571. The summed E-state index contributed by atoms with van der Waals surface area (Å²) in [4.78, 5) is 11.2. The van der Waals surface area contributed by atoms with Crippen LogP contribution in [0.15, 0.2) is 36.4 Å². The van der Waals surface area contributed by atoms with E-state index in [2.05, 4.69) is 32.8 Å². The second-order valence-electron chi connectivity index (χ2n) is 7.32. The minimum absolute atomic E-state index is 0.0207. The Morgan fingerprint density at radius 2 is 2.15 bits per heavy atom. The first-order chi connectivity index (χ1) is 12.6. The maximum atomic E-state index is 13.4. The minimum atomic E-state index is -0.197. The monoisotopic (exact) mass is 424 g/mol. The van der Waals surface area contributed by atoms with E-state index >= 15 is 0 Å². The van der Waals surface area contributed by atoms with Crippen LogP contribution in [0.4, 0.5) is 4.39 Å². The highest BCUT2D eigenvalue weighted by Gasteiger charge is 2.58. The normalized spacial score (nSPS) is 30.2. The van der Waals surface area contributed by atoms with Crippen LogP contribution in [0.1, 0.15) is 37.7 Å². The molecule has 1 aromatic rings. The van der Waals surface area contributed by atoms with Crippen molar-refractivity contribution in [3.8, 4) is 0 Å². The molecular formula is C21H26BrFO3. The van der Waals surface area contributed by atoms with Crippen LogP contribution in [0, 0.1) is 17.7 Å². The number of hydrogen-bond acceptors (Lipinski definition) is 3. The van der Waals surface area contributed by atoms with E-state index in [-0.39, 0.29) is 23.3 Å². The number of allylic oxidation sites excluding steroid dienone is 2. The van der Waals surface area contributed by atoms with Gasteiger partial charge in [-0.25, -0.2) is 4.39 Å². The maximum Gasteiger partial charge on any atom is 0.305 e. The van der Waals surface area contributed by atoms with Crippen LogP contribution < -0.4 is 0 Å². The molecule has 5 heteroatoms. The number of methoxy groups -OCH3 is 1. The van der Waals surface area contributed by atoms with E-state index < -0.39 is 0 Å². The first kappa shape index (κ1) is 19.6. The Bertz CT molecular complexity index is 645. The maximum absolute atomic E-state index is 13.4. The Labute approximate surface area is 163 Å². The Hall–Kier alpha value is -1.20. The molecule has 0 radical (unpaired) electrons. The van der Waals surface area contributed by atoms with E-state index in [0.717, 1.165) is 31.0 Å². The molecule has 0 spiro atoms. The molecule has 1 aliphatic heterocycles. The van der Waals surface area contributed by atoms with E-state index in [1.807, 2.05) is 12.1 Å². The number of halogens is 2. The van der Waals surface area contributed by atoms with Crippen molar-refractivity contribution in [1.82, 2.24) is 0 Å². The molecule has 1 heterocycles. The average Bonchev–Trinajstić information content (AvgIpc) is 3.22. The predicted octanol–water partition coefficient (Wildman–Crippen LogP) is 4.78. The number of unbranched alkanes of at least 4 members (excludes halogenated alkanes) is 1. The standard InChI is InChI=1S/C21H26BrFO3/c1-25-20(24)7-5-3-2-4-6-18-17(13-22)19-12-21(18,14-26-19)15-8-10-16(23)11-9-15/h2,4,8-11,17-19H,3,5-7,12-14H2,1H3/t17-,18+,19+,21+/m1/s1. The van der Waals surface area contributed by atoms with E-state index in [0.29, 0.717) is 24.9 Å². The van der Waals surface area contributed by atoms with Crippen molar-refractivity contribution in [1.29, 1.82) is 0 Å². The van der Waals surface area contributed by atoms with Gasteiger partial charge >= 0.3 is 5.97 Å². The molecule has 142 valence electrons. The molecule has 1 aliphatic carbocycles. The number of ether oxygens (including phenoxy) is 2. The summed E-state index contributed by atoms with van der Waals surface area (Å²) in [6, 6.07) is 6.95. The van der Waals surface area contributed by atoms with Crippen molar-refractivity contribution >= 4 is 21.9 Å². The van der Waals surface area contributed by atoms with E-state index in [9.17, 15) is 9.18 Å². The van der Waals surface area contributed by atoms with Gasteiger partial charge in [-0.15, -0.1) is 0 Å². The molecule has 0 amide bonds. The summed E-state index contributed by atoms with van der Waals surface area (Å²) in [6.45, 7) is 0.716. The van der Waals surface area contributed by atoms with Gasteiger partial charge in [-0.2, -0.15) is 0 Å². The molecule has 26 heavy (non-hydrogen) atoms. The van der Waals surface area contributed by atoms with Crippen LogP contribution in [0.5, 0.6) is 0 Å². The van der Waals surface area contributed by atoms with Crippen LogP contribution in [-0.2, 0) is 19.7 Å². The lowest BCUT2D eigenvalue weighted by molar-refractivity contribution is -0.140. The molecule has 0 N–H and O–H groups in total. The molecule has 3 nitrogen and oxygen atoms in total. The molecule has 0 aromatic heterocycles. The second kappa shape index (κ2) is 8.66. The summed E-state index contributed by atoms with van der Waals surface area (Å²) < 4.78 is 24.1. The number of esters is 1. The first-order valence-corrected chi connectivity index (χ1v) is 10.4. The summed E-state index contributed by atoms with van der Waals surface area (Å²) in [5, 5.41) is 0.918. The quantitative estimate of drug-likeness (QED) is 0.260. The molecule has 3 rings (SSSR count). The summed E-state index contributed by atoms with van der Waals surface area (Å²) in [5.41, 5.74) is 1.17. The van der Waals surface area contributed by atoms with Gasteiger partial charge in [0.05, 0.1) is 19.8 Å². The molecule has 4 atom stereocenters. The summed E-state index contributed by atoms with van der Waals surface area (Å²) in [7, 11) is 1.42. The highest BCUT2D eigenvalue weighted by atomic mass is 79.9. The number of benzene rings is 1. The Kier molecular flexibility index (Phi) is 6.51. The third kappa shape index (κ3) is 3.89. The third-order valence-electron chi connectivity index (χ3n) is 5.96. The number of rotatable bonds is 8.